The van der Waals surface area contributed by atoms with Gasteiger partial charge in [-0.2, -0.15) is 13.2 Å². The molecule has 1 atom stereocenters. The SMILES string of the molecule is [B]C1=C(N=O)NC(C(F)(F)F)C([B])=C1[B]. The first-order valence-corrected chi connectivity index (χ1v) is 3.71. The monoisotopic (exact) mass is 208 g/mol. The molecule has 1 aliphatic heterocycles. The minimum atomic E-state index is -4.68. The van der Waals surface area contributed by atoms with Gasteiger partial charge < -0.3 is 5.32 Å². The molecule has 15 heavy (non-hydrogen) atoms. The van der Waals surface area contributed by atoms with Crippen molar-refractivity contribution in [1.29, 1.82) is 0 Å². The summed E-state index contributed by atoms with van der Waals surface area (Å²) in [5.41, 5.74) is -1.54. The van der Waals surface area contributed by atoms with Crippen LogP contribution >= 0.6 is 0 Å². The summed E-state index contributed by atoms with van der Waals surface area (Å²) in [6, 6.07) is -2.24. The molecule has 0 aromatic carbocycles. The highest BCUT2D eigenvalue weighted by molar-refractivity contribution is 6.41. The van der Waals surface area contributed by atoms with E-state index in [0.29, 0.717) is 0 Å². The Morgan fingerprint density at radius 3 is 2.13 bits per heavy atom. The predicted octanol–water partition coefficient (Wildman–Crippen LogP) is 0.173. The van der Waals surface area contributed by atoms with Gasteiger partial charge in [0.2, 0.25) is 0 Å². The van der Waals surface area contributed by atoms with Crippen LogP contribution in [0.4, 0.5) is 13.2 Å². The van der Waals surface area contributed by atoms with E-state index in [9.17, 15) is 18.1 Å². The van der Waals surface area contributed by atoms with Crippen molar-refractivity contribution < 1.29 is 13.2 Å². The van der Waals surface area contributed by atoms with Crippen molar-refractivity contribution in [1.82, 2.24) is 5.32 Å². The number of alkyl halides is 3. The molecule has 0 fully saturated rings. The van der Waals surface area contributed by atoms with Gasteiger partial charge in [0.25, 0.3) is 0 Å². The number of hydrogen-bond donors (Lipinski definition) is 1. The molecule has 9 heteroatoms. The van der Waals surface area contributed by atoms with Crippen molar-refractivity contribution in [2.75, 3.05) is 0 Å². The molecular weight excluding hydrogens is 206 g/mol. The molecule has 0 saturated heterocycles. The highest BCUT2D eigenvalue weighted by Gasteiger charge is 2.43. The molecule has 0 aliphatic carbocycles. The topological polar surface area (TPSA) is 41.5 Å². The summed E-state index contributed by atoms with van der Waals surface area (Å²) in [4.78, 5) is 10.2. The highest BCUT2D eigenvalue weighted by Crippen LogP contribution is 2.30. The molecule has 0 saturated carbocycles. The molecule has 1 N–H and O–H groups in total. The normalized spacial score (nSPS) is 22.7. The summed E-state index contributed by atoms with van der Waals surface area (Å²) < 4.78 is 37.1. The lowest BCUT2D eigenvalue weighted by Crippen LogP contribution is -2.46. The van der Waals surface area contributed by atoms with E-state index < -0.39 is 29.0 Å². The molecule has 1 rings (SSSR count). The van der Waals surface area contributed by atoms with Crippen molar-refractivity contribution in [2.45, 2.75) is 12.2 Å². The second-order valence-corrected chi connectivity index (χ2v) is 2.84. The number of rotatable bonds is 1. The van der Waals surface area contributed by atoms with Crippen LogP contribution in [0.15, 0.2) is 27.4 Å². The quantitative estimate of drug-likeness (QED) is 0.492. The zero-order valence-corrected chi connectivity index (χ0v) is 7.30. The lowest BCUT2D eigenvalue weighted by atomic mass is 9.66. The molecule has 3 nitrogen and oxygen atoms in total. The summed E-state index contributed by atoms with van der Waals surface area (Å²) in [6.07, 6.45) is -4.68. The van der Waals surface area contributed by atoms with Crippen molar-refractivity contribution in [3.05, 3.63) is 27.1 Å². The summed E-state index contributed by atoms with van der Waals surface area (Å²) >= 11 is 0. The molecule has 1 unspecified atom stereocenters. The van der Waals surface area contributed by atoms with Gasteiger partial charge in [-0.05, 0) is 5.18 Å². The number of nitrogens with one attached hydrogen (secondary N) is 1. The fourth-order valence-corrected chi connectivity index (χ4v) is 1.06. The molecule has 0 amide bonds. The Hall–Kier alpha value is -1.14. The van der Waals surface area contributed by atoms with Crippen LogP contribution in [0.5, 0.6) is 0 Å². The molecule has 1 heterocycles. The summed E-state index contributed by atoms with van der Waals surface area (Å²) in [5.74, 6) is -0.663. The Morgan fingerprint density at radius 2 is 1.73 bits per heavy atom. The number of dihydropyridines is 1. The maximum absolute atomic E-state index is 12.4. The fraction of sp³-hybridized carbons (Fsp3) is 0.333. The number of hydrogen-bond acceptors (Lipinski definition) is 3. The first-order valence-electron chi connectivity index (χ1n) is 3.71. The summed E-state index contributed by atoms with van der Waals surface area (Å²) in [6.45, 7) is 0. The van der Waals surface area contributed by atoms with Gasteiger partial charge in [-0.25, -0.2) is 0 Å². The third-order valence-corrected chi connectivity index (χ3v) is 1.87. The van der Waals surface area contributed by atoms with E-state index in [1.807, 2.05) is 0 Å². The van der Waals surface area contributed by atoms with E-state index in [2.05, 4.69) is 5.18 Å². The molecule has 0 aromatic rings. The average molecular weight is 208 g/mol. The number of allylic oxidation sites excluding steroid dienone is 2. The molecule has 0 spiro atoms. The van der Waals surface area contributed by atoms with Gasteiger partial charge in [0.15, 0.2) is 5.82 Å². The van der Waals surface area contributed by atoms with Crippen LogP contribution in [0.25, 0.3) is 0 Å². The van der Waals surface area contributed by atoms with Gasteiger partial charge in [-0.3, -0.25) is 0 Å². The fourth-order valence-electron chi connectivity index (χ4n) is 1.06. The van der Waals surface area contributed by atoms with E-state index in [0.717, 1.165) is 0 Å². The number of nitrogens with zero attached hydrogens (tertiary/aromatic N) is 1. The van der Waals surface area contributed by atoms with Crippen LogP contribution in [0.1, 0.15) is 0 Å². The Kier molecular flexibility index (Phi) is 3.01. The van der Waals surface area contributed by atoms with Crippen LogP contribution in [-0.4, -0.2) is 35.8 Å². The van der Waals surface area contributed by atoms with Gasteiger partial charge in [0.05, 0.1) is 0 Å². The maximum Gasteiger partial charge on any atom is 0.411 e. The largest absolute Gasteiger partial charge is 0.411 e. The van der Waals surface area contributed by atoms with Crippen molar-refractivity contribution in [2.24, 2.45) is 5.18 Å². The predicted molar refractivity (Wildman–Crippen MR) is 50.1 cm³/mol. The second kappa shape index (κ2) is 3.79. The first-order chi connectivity index (χ1) is 6.79. The minimum absolute atomic E-state index is 0.386. The lowest BCUT2D eigenvalue weighted by molar-refractivity contribution is -0.144. The molecule has 1 aliphatic rings. The van der Waals surface area contributed by atoms with E-state index in [1.54, 1.807) is 5.32 Å². The van der Waals surface area contributed by atoms with Crippen molar-refractivity contribution in [3.63, 3.8) is 0 Å². The number of nitroso groups, excluding NO2 is 1. The van der Waals surface area contributed by atoms with Crippen LogP contribution in [0, 0.1) is 4.91 Å². The van der Waals surface area contributed by atoms with E-state index >= 15 is 0 Å². The zero-order valence-electron chi connectivity index (χ0n) is 7.30. The zero-order chi connectivity index (χ0) is 11.8. The van der Waals surface area contributed by atoms with Crippen molar-refractivity contribution >= 4 is 23.5 Å². The van der Waals surface area contributed by atoms with Gasteiger partial charge in [-0.1, -0.05) is 10.9 Å². The summed E-state index contributed by atoms with van der Waals surface area (Å²) in [5, 5.41) is 4.06. The van der Waals surface area contributed by atoms with Crippen LogP contribution in [-0.2, 0) is 0 Å². The third kappa shape index (κ3) is 2.10. The third-order valence-electron chi connectivity index (χ3n) is 1.87. The van der Waals surface area contributed by atoms with Gasteiger partial charge in [-0.15, -0.1) is 10.4 Å². The minimum Gasteiger partial charge on any atom is -0.354 e. The van der Waals surface area contributed by atoms with Gasteiger partial charge >= 0.3 is 6.18 Å². The molecule has 6 radical (unpaired) electrons. The average Bonchev–Trinajstić information content (AvgIpc) is 2.13. The summed E-state index contributed by atoms with van der Waals surface area (Å²) in [7, 11) is 15.6. The lowest BCUT2D eigenvalue weighted by Gasteiger charge is -2.30. The van der Waals surface area contributed by atoms with Gasteiger partial charge in [0.1, 0.15) is 29.6 Å². The van der Waals surface area contributed by atoms with E-state index in [-0.39, 0.29) is 5.47 Å². The maximum atomic E-state index is 12.4. The molecule has 72 valence electrons. The molecule has 0 bridgehead atoms. The first kappa shape index (κ1) is 11.9. The van der Waals surface area contributed by atoms with E-state index in [1.165, 1.54) is 0 Å². The smallest absolute Gasteiger partial charge is 0.354 e. The van der Waals surface area contributed by atoms with Crippen LogP contribution in [0.3, 0.4) is 0 Å². The Balaban J connectivity index is 3.19. The van der Waals surface area contributed by atoms with Crippen molar-refractivity contribution in [3.8, 4) is 0 Å². The standard InChI is InChI=1S/C6H2B3F3N2O/c7-1-2(8)4(6(10,11)12)13-5(14-15)3(1)9/h4,13H. The Morgan fingerprint density at radius 1 is 1.20 bits per heavy atom. The van der Waals surface area contributed by atoms with Crippen LogP contribution in [0.2, 0.25) is 0 Å². The van der Waals surface area contributed by atoms with Gasteiger partial charge in [0, 0.05) is 0 Å². The Bertz CT molecular complexity index is 363. The van der Waals surface area contributed by atoms with E-state index in [4.69, 9.17) is 23.5 Å². The Labute approximate surface area is 87.4 Å². The number of halogens is 3. The molecular formula is C6H2B3F3N2O. The molecule has 0 aromatic heterocycles. The second-order valence-electron chi connectivity index (χ2n) is 2.84. The highest BCUT2D eigenvalue weighted by atomic mass is 19.4. The van der Waals surface area contributed by atoms with Crippen LogP contribution < -0.4 is 5.32 Å².